The van der Waals surface area contributed by atoms with E-state index in [2.05, 4.69) is 32.9 Å². The van der Waals surface area contributed by atoms with Crippen molar-refractivity contribution in [1.82, 2.24) is 0 Å². The van der Waals surface area contributed by atoms with Crippen molar-refractivity contribution < 1.29 is 9.53 Å². The Morgan fingerprint density at radius 1 is 1.25 bits per heavy atom. The number of ether oxygens (including phenoxy) is 1. The van der Waals surface area contributed by atoms with Gasteiger partial charge in [-0.05, 0) is 31.2 Å². The zero-order chi connectivity index (χ0) is 15.0. The monoisotopic (exact) mass is 274 g/mol. The Hall–Kier alpha value is -1.57. The molecule has 0 fully saturated rings. The Balaban J connectivity index is 2.67. The zero-order valence-corrected chi connectivity index (χ0v) is 13.1. The Morgan fingerprint density at radius 3 is 2.45 bits per heavy atom. The number of rotatable bonds is 7. The predicted octanol–water partition coefficient (Wildman–Crippen LogP) is 4.75. The number of esters is 1. The summed E-state index contributed by atoms with van der Waals surface area (Å²) < 4.78 is 5.51. The molecule has 110 valence electrons. The summed E-state index contributed by atoms with van der Waals surface area (Å²) in [4.78, 5) is 12.4. The van der Waals surface area contributed by atoms with Crippen LogP contribution in [-0.4, -0.2) is 5.97 Å². The summed E-state index contributed by atoms with van der Waals surface area (Å²) in [6.45, 7) is 8.58. The number of hydrogen-bond acceptors (Lipinski definition) is 2. The van der Waals surface area contributed by atoms with Gasteiger partial charge in [0.15, 0.2) is 0 Å². The van der Waals surface area contributed by atoms with E-state index in [1.807, 2.05) is 37.3 Å². The maximum absolute atomic E-state index is 12.4. The summed E-state index contributed by atoms with van der Waals surface area (Å²) in [6, 6.07) is 9.80. The molecule has 0 heterocycles. The minimum Gasteiger partial charge on any atom is -0.460 e. The Labute approximate surface area is 122 Å². The predicted molar refractivity (Wildman–Crippen MR) is 83.2 cm³/mol. The molecule has 20 heavy (non-hydrogen) atoms. The van der Waals surface area contributed by atoms with Crippen LogP contribution in [0.15, 0.2) is 42.5 Å². The molecule has 2 nitrogen and oxygen atoms in total. The summed E-state index contributed by atoms with van der Waals surface area (Å²) >= 11 is 0. The van der Waals surface area contributed by atoms with Gasteiger partial charge >= 0.3 is 5.97 Å². The zero-order valence-electron chi connectivity index (χ0n) is 13.1. The molecule has 1 unspecified atom stereocenters. The number of benzene rings is 1. The SMILES string of the molecule is CC/C=C\CC(C)(C(=O)OCc1ccccc1)C(C)C. The molecule has 0 bridgehead atoms. The third-order valence-electron chi connectivity index (χ3n) is 3.90. The molecule has 0 radical (unpaired) electrons. The van der Waals surface area contributed by atoms with Gasteiger partial charge in [-0.2, -0.15) is 0 Å². The van der Waals surface area contributed by atoms with Crippen LogP contribution in [-0.2, 0) is 16.1 Å². The van der Waals surface area contributed by atoms with Crippen LogP contribution >= 0.6 is 0 Å². The van der Waals surface area contributed by atoms with Gasteiger partial charge in [-0.25, -0.2) is 0 Å². The van der Waals surface area contributed by atoms with E-state index in [-0.39, 0.29) is 11.9 Å². The number of hydrogen-bond donors (Lipinski definition) is 0. The number of carbonyl (C=O) groups excluding carboxylic acids is 1. The van der Waals surface area contributed by atoms with E-state index in [1.165, 1.54) is 0 Å². The topological polar surface area (TPSA) is 26.3 Å². The highest BCUT2D eigenvalue weighted by Gasteiger charge is 2.37. The largest absolute Gasteiger partial charge is 0.460 e. The first-order valence-electron chi connectivity index (χ1n) is 7.37. The van der Waals surface area contributed by atoms with Gasteiger partial charge in [0.05, 0.1) is 5.41 Å². The molecule has 2 heteroatoms. The van der Waals surface area contributed by atoms with Gasteiger partial charge in [0.2, 0.25) is 0 Å². The van der Waals surface area contributed by atoms with Gasteiger partial charge in [0, 0.05) is 0 Å². The second kappa shape index (κ2) is 7.88. The lowest BCUT2D eigenvalue weighted by Crippen LogP contribution is -2.34. The number of allylic oxidation sites excluding steroid dienone is 2. The molecule has 0 saturated heterocycles. The fourth-order valence-electron chi connectivity index (χ4n) is 1.94. The average Bonchev–Trinajstić information content (AvgIpc) is 2.45. The lowest BCUT2D eigenvalue weighted by molar-refractivity contribution is -0.159. The van der Waals surface area contributed by atoms with E-state index in [4.69, 9.17) is 4.74 Å². The maximum Gasteiger partial charge on any atom is 0.312 e. The smallest absolute Gasteiger partial charge is 0.312 e. The Kier molecular flexibility index (Phi) is 6.50. The van der Waals surface area contributed by atoms with Crippen molar-refractivity contribution in [2.24, 2.45) is 11.3 Å². The normalized spacial score (nSPS) is 14.4. The highest BCUT2D eigenvalue weighted by molar-refractivity contribution is 5.77. The quantitative estimate of drug-likeness (QED) is 0.530. The van der Waals surface area contributed by atoms with Crippen molar-refractivity contribution >= 4 is 5.97 Å². The minimum absolute atomic E-state index is 0.114. The molecule has 0 amide bonds. The van der Waals surface area contributed by atoms with Gasteiger partial charge in [0.1, 0.15) is 6.61 Å². The van der Waals surface area contributed by atoms with Crippen LogP contribution in [0.2, 0.25) is 0 Å². The average molecular weight is 274 g/mol. The summed E-state index contributed by atoms with van der Waals surface area (Å²) in [5.41, 5.74) is 0.566. The molecular formula is C18H26O2. The molecule has 0 spiro atoms. The molecule has 1 aromatic carbocycles. The van der Waals surface area contributed by atoms with Crippen LogP contribution < -0.4 is 0 Å². The van der Waals surface area contributed by atoms with Crippen LogP contribution in [0.5, 0.6) is 0 Å². The molecule has 0 aliphatic carbocycles. The van der Waals surface area contributed by atoms with Crippen LogP contribution in [0.25, 0.3) is 0 Å². The fraction of sp³-hybridized carbons (Fsp3) is 0.500. The van der Waals surface area contributed by atoms with Crippen molar-refractivity contribution in [2.75, 3.05) is 0 Å². The first-order chi connectivity index (χ1) is 9.50. The van der Waals surface area contributed by atoms with Gasteiger partial charge in [-0.1, -0.05) is 63.3 Å². The molecule has 0 aliphatic heterocycles. The molecule has 0 aromatic heterocycles. The second-order valence-corrected chi connectivity index (χ2v) is 5.72. The van der Waals surface area contributed by atoms with Crippen molar-refractivity contribution in [1.29, 1.82) is 0 Å². The Bertz CT molecular complexity index is 434. The molecule has 0 saturated carbocycles. The number of carbonyl (C=O) groups is 1. The summed E-state index contributed by atoms with van der Waals surface area (Å²) in [5.74, 6) is 0.129. The summed E-state index contributed by atoms with van der Waals surface area (Å²) in [6.07, 6.45) is 5.91. The lowest BCUT2D eigenvalue weighted by Gasteiger charge is -2.30. The lowest BCUT2D eigenvalue weighted by atomic mass is 9.76. The van der Waals surface area contributed by atoms with Crippen LogP contribution in [0.1, 0.15) is 46.1 Å². The van der Waals surface area contributed by atoms with E-state index in [9.17, 15) is 4.79 Å². The van der Waals surface area contributed by atoms with Gasteiger partial charge < -0.3 is 4.74 Å². The molecule has 1 rings (SSSR count). The highest BCUT2D eigenvalue weighted by atomic mass is 16.5. The third kappa shape index (κ3) is 4.52. The maximum atomic E-state index is 12.4. The van der Waals surface area contributed by atoms with Crippen molar-refractivity contribution in [3.05, 3.63) is 48.0 Å². The van der Waals surface area contributed by atoms with Gasteiger partial charge in [0.25, 0.3) is 0 Å². The van der Waals surface area contributed by atoms with Gasteiger partial charge in [-0.3, -0.25) is 4.79 Å². The second-order valence-electron chi connectivity index (χ2n) is 5.72. The fourth-order valence-corrected chi connectivity index (χ4v) is 1.94. The Morgan fingerprint density at radius 2 is 1.90 bits per heavy atom. The van der Waals surface area contributed by atoms with Crippen LogP contribution in [0.4, 0.5) is 0 Å². The molecule has 0 N–H and O–H groups in total. The first kappa shape index (κ1) is 16.5. The van der Waals surface area contributed by atoms with Crippen LogP contribution in [0, 0.1) is 11.3 Å². The van der Waals surface area contributed by atoms with E-state index in [1.54, 1.807) is 0 Å². The molecule has 0 aliphatic rings. The molecule has 1 aromatic rings. The van der Waals surface area contributed by atoms with E-state index in [0.29, 0.717) is 6.61 Å². The summed E-state index contributed by atoms with van der Waals surface area (Å²) in [5, 5.41) is 0. The van der Waals surface area contributed by atoms with Crippen molar-refractivity contribution in [3.8, 4) is 0 Å². The van der Waals surface area contributed by atoms with Crippen molar-refractivity contribution in [2.45, 2.75) is 47.1 Å². The highest BCUT2D eigenvalue weighted by Crippen LogP contribution is 2.33. The van der Waals surface area contributed by atoms with Crippen LogP contribution in [0.3, 0.4) is 0 Å². The first-order valence-corrected chi connectivity index (χ1v) is 7.37. The van der Waals surface area contributed by atoms with E-state index >= 15 is 0 Å². The minimum atomic E-state index is -0.458. The van der Waals surface area contributed by atoms with Gasteiger partial charge in [-0.15, -0.1) is 0 Å². The van der Waals surface area contributed by atoms with E-state index < -0.39 is 5.41 Å². The summed E-state index contributed by atoms with van der Waals surface area (Å²) in [7, 11) is 0. The van der Waals surface area contributed by atoms with E-state index in [0.717, 1.165) is 18.4 Å². The third-order valence-corrected chi connectivity index (χ3v) is 3.90. The molecule has 1 atom stereocenters. The van der Waals surface area contributed by atoms with Crippen molar-refractivity contribution in [3.63, 3.8) is 0 Å². The molecular weight excluding hydrogens is 248 g/mol. The standard InChI is InChI=1S/C18H26O2/c1-5-6-10-13-18(4,15(2)3)17(19)20-14-16-11-8-7-9-12-16/h6-12,15H,5,13-14H2,1-4H3/b10-6-.